The number of hydrogen-bond donors (Lipinski definition) is 2. The standard InChI is InChI=1S/C23H20N4O5S/c1-31-22(30)18-6-2-3-7-19(18)24-20(29)14-33-23-26-25-21(15-8-10-16(28)11-9-15)27(23)13-17-5-4-12-32-17/h2-12,28H,13-14H2,1H3,(H,24,29). The fourth-order valence-electron chi connectivity index (χ4n) is 3.12. The molecule has 4 rings (SSSR count). The highest BCUT2D eigenvalue weighted by molar-refractivity contribution is 7.99. The predicted octanol–water partition coefficient (Wildman–Crippen LogP) is 3.81. The van der Waals surface area contributed by atoms with E-state index in [1.807, 2.05) is 10.6 Å². The van der Waals surface area contributed by atoms with Crippen LogP contribution in [-0.2, 0) is 16.1 Å². The molecule has 0 spiro atoms. The molecule has 2 aromatic heterocycles. The lowest BCUT2D eigenvalue weighted by Crippen LogP contribution is -2.17. The zero-order valence-corrected chi connectivity index (χ0v) is 18.4. The number of carbonyl (C=O) groups is 2. The number of anilines is 1. The third kappa shape index (κ3) is 5.24. The molecule has 0 fully saturated rings. The Labute approximate surface area is 193 Å². The van der Waals surface area contributed by atoms with Crippen molar-refractivity contribution in [1.82, 2.24) is 14.8 Å². The number of aromatic nitrogens is 3. The van der Waals surface area contributed by atoms with Gasteiger partial charge < -0.3 is 19.6 Å². The summed E-state index contributed by atoms with van der Waals surface area (Å²) in [5.74, 6) is 0.625. The van der Waals surface area contributed by atoms with E-state index in [-0.39, 0.29) is 23.0 Å². The van der Waals surface area contributed by atoms with Crippen LogP contribution in [0.25, 0.3) is 11.4 Å². The van der Waals surface area contributed by atoms with Gasteiger partial charge in [-0.05, 0) is 48.5 Å². The normalized spacial score (nSPS) is 10.7. The molecule has 0 atom stereocenters. The minimum absolute atomic E-state index is 0.0430. The highest BCUT2D eigenvalue weighted by atomic mass is 32.2. The molecule has 0 aliphatic heterocycles. The minimum atomic E-state index is -0.532. The van der Waals surface area contributed by atoms with E-state index in [0.29, 0.717) is 29.0 Å². The van der Waals surface area contributed by atoms with Crippen LogP contribution in [0.15, 0.2) is 76.5 Å². The fraction of sp³-hybridized carbons (Fsp3) is 0.130. The summed E-state index contributed by atoms with van der Waals surface area (Å²) in [4.78, 5) is 24.5. The van der Waals surface area contributed by atoms with Crippen LogP contribution in [0.5, 0.6) is 5.75 Å². The van der Waals surface area contributed by atoms with Crippen molar-refractivity contribution in [2.24, 2.45) is 0 Å². The van der Waals surface area contributed by atoms with Gasteiger partial charge in [0.25, 0.3) is 0 Å². The van der Waals surface area contributed by atoms with E-state index in [4.69, 9.17) is 9.15 Å². The van der Waals surface area contributed by atoms with Crippen molar-refractivity contribution >= 4 is 29.3 Å². The molecule has 9 nitrogen and oxygen atoms in total. The number of phenolic OH excluding ortho intramolecular Hbond substituents is 1. The smallest absolute Gasteiger partial charge is 0.339 e. The molecule has 0 unspecified atom stereocenters. The van der Waals surface area contributed by atoms with Crippen LogP contribution in [0.3, 0.4) is 0 Å². The Morgan fingerprint density at radius 2 is 1.88 bits per heavy atom. The average Bonchev–Trinajstić information content (AvgIpc) is 3.48. The molecule has 2 heterocycles. The number of aromatic hydroxyl groups is 1. The number of methoxy groups -OCH3 is 1. The highest BCUT2D eigenvalue weighted by Crippen LogP contribution is 2.27. The first kappa shape index (κ1) is 22.2. The van der Waals surface area contributed by atoms with Crippen molar-refractivity contribution in [3.63, 3.8) is 0 Å². The second-order valence-corrected chi connectivity index (χ2v) is 7.84. The second kappa shape index (κ2) is 10.0. The molecule has 2 aromatic carbocycles. The molecule has 0 aliphatic carbocycles. The number of rotatable bonds is 8. The number of benzene rings is 2. The first-order valence-corrected chi connectivity index (χ1v) is 10.9. The summed E-state index contributed by atoms with van der Waals surface area (Å²) in [6.07, 6.45) is 1.58. The van der Waals surface area contributed by atoms with Gasteiger partial charge in [-0.2, -0.15) is 0 Å². The number of para-hydroxylation sites is 1. The van der Waals surface area contributed by atoms with Gasteiger partial charge in [0, 0.05) is 5.56 Å². The number of amides is 1. The average molecular weight is 465 g/mol. The van der Waals surface area contributed by atoms with Crippen LogP contribution in [0.4, 0.5) is 5.69 Å². The van der Waals surface area contributed by atoms with Gasteiger partial charge in [0.1, 0.15) is 11.5 Å². The SMILES string of the molecule is COC(=O)c1ccccc1NC(=O)CSc1nnc(-c2ccc(O)cc2)n1Cc1ccco1. The molecule has 0 radical (unpaired) electrons. The summed E-state index contributed by atoms with van der Waals surface area (Å²) in [6.45, 7) is 0.366. The summed E-state index contributed by atoms with van der Waals surface area (Å²) in [5.41, 5.74) is 1.40. The summed E-state index contributed by atoms with van der Waals surface area (Å²) in [5, 5.41) is 21.4. The quantitative estimate of drug-likeness (QED) is 0.298. The number of ether oxygens (including phenoxy) is 1. The Bertz CT molecular complexity index is 1250. The van der Waals surface area contributed by atoms with E-state index in [0.717, 1.165) is 5.56 Å². The zero-order valence-electron chi connectivity index (χ0n) is 17.6. The molecular formula is C23H20N4O5S. The topological polar surface area (TPSA) is 119 Å². The zero-order chi connectivity index (χ0) is 23.2. The Morgan fingerprint density at radius 3 is 2.61 bits per heavy atom. The van der Waals surface area contributed by atoms with Gasteiger partial charge in [0.2, 0.25) is 5.91 Å². The monoisotopic (exact) mass is 464 g/mol. The molecule has 0 saturated carbocycles. The number of nitrogens with zero attached hydrogens (tertiary/aromatic N) is 3. The van der Waals surface area contributed by atoms with Gasteiger partial charge in [0.05, 0.1) is 36.9 Å². The number of furan rings is 1. The molecule has 1 amide bonds. The molecule has 0 bridgehead atoms. The summed E-state index contributed by atoms with van der Waals surface area (Å²) in [7, 11) is 1.29. The Kier molecular flexibility index (Phi) is 6.75. The number of nitrogens with one attached hydrogen (secondary N) is 1. The van der Waals surface area contributed by atoms with Crippen molar-refractivity contribution < 1.29 is 23.8 Å². The van der Waals surface area contributed by atoms with Gasteiger partial charge in [0.15, 0.2) is 11.0 Å². The summed E-state index contributed by atoms with van der Waals surface area (Å²) in [6, 6.07) is 16.9. The molecule has 33 heavy (non-hydrogen) atoms. The molecule has 0 aliphatic rings. The van der Waals surface area contributed by atoms with E-state index >= 15 is 0 Å². The number of hydrogen-bond acceptors (Lipinski definition) is 8. The van der Waals surface area contributed by atoms with Gasteiger partial charge >= 0.3 is 5.97 Å². The van der Waals surface area contributed by atoms with Gasteiger partial charge in [-0.15, -0.1) is 10.2 Å². The Balaban J connectivity index is 1.53. The number of esters is 1. The molecular weight excluding hydrogens is 444 g/mol. The van der Waals surface area contributed by atoms with E-state index in [1.165, 1.54) is 18.9 Å². The lowest BCUT2D eigenvalue weighted by Gasteiger charge is -2.10. The van der Waals surface area contributed by atoms with E-state index in [1.54, 1.807) is 60.9 Å². The van der Waals surface area contributed by atoms with Crippen LogP contribution >= 0.6 is 11.8 Å². The van der Waals surface area contributed by atoms with Crippen LogP contribution in [0, 0.1) is 0 Å². The first-order chi connectivity index (χ1) is 16.0. The maximum absolute atomic E-state index is 12.6. The molecule has 2 N–H and O–H groups in total. The van der Waals surface area contributed by atoms with Crippen molar-refractivity contribution in [2.75, 3.05) is 18.2 Å². The van der Waals surface area contributed by atoms with Crippen LogP contribution in [0.2, 0.25) is 0 Å². The predicted molar refractivity (Wildman–Crippen MR) is 122 cm³/mol. The van der Waals surface area contributed by atoms with Crippen LogP contribution in [-0.4, -0.2) is 44.6 Å². The lowest BCUT2D eigenvalue weighted by atomic mass is 10.2. The number of phenols is 1. The minimum Gasteiger partial charge on any atom is -0.508 e. The third-order valence-corrected chi connectivity index (χ3v) is 5.64. The summed E-state index contributed by atoms with van der Waals surface area (Å²) >= 11 is 1.20. The van der Waals surface area contributed by atoms with Gasteiger partial charge in [-0.25, -0.2) is 4.79 Å². The van der Waals surface area contributed by atoms with Crippen molar-refractivity contribution in [3.05, 3.63) is 78.3 Å². The molecule has 4 aromatic rings. The third-order valence-electron chi connectivity index (χ3n) is 4.68. The maximum atomic E-state index is 12.6. The van der Waals surface area contributed by atoms with Crippen molar-refractivity contribution in [1.29, 1.82) is 0 Å². The fourth-order valence-corrected chi connectivity index (χ4v) is 3.85. The van der Waals surface area contributed by atoms with Crippen LogP contribution in [0.1, 0.15) is 16.1 Å². The van der Waals surface area contributed by atoms with E-state index in [9.17, 15) is 14.7 Å². The van der Waals surface area contributed by atoms with Crippen molar-refractivity contribution in [3.8, 4) is 17.1 Å². The van der Waals surface area contributed by atoms with E-state index in [2.05, 4.69) is 15.5 Å². The highest BCUT2D eigenvalue weighted by Gasteiger charge is 2.18. The Morgan fingerprint density at radius 1 is 1.09 bits per heavy atom. The first-order valence-electron chi connectivity index (χ1n) is 9.90. The van der Waals surface area contributed by atoms with Gasteiger partial charge in [-0.1, -0.05) is 23.9 Å². The number of thioether (sulfide) groups is 1. The largest absolute Gasteiger partial charge is 0.508 e. The Hall–Kier alpha value is -4.05. The van der Waals surface area contributed by atoms with Gasteiger partial charge in [-0.3, -0.25) is 9.36 Å². The number of carbonyl (C=O) groups excluding carboxylic acids is 2. The molecule has 10 heteroatoms. The van der Waals surface area contributed by atoms with Crippen molar-refractivity contribution in [2.45, 2.75) is 11.7 Å². The maximum Gasteiger partial charge on any atom is 0.339 e. The molecule has 0 saturated heterocycles. The second-order valence-electron chi connectivity index (χ2n) is 6.89. The summed E-state index contributed by atoms with van der Waals surface area (Å²) < 4.78 is 12.1. The molecule has 168 valence electrons. The lowest BCUT2D eigenvalue weighted by molar-refractivity contribution is -0.113. The van der Waals surface area contributed by atoms with Crippen LogP contribution < -0.4 is 5.32 Å². The van der Waals surface area contributed by atoms with E-state index < -0.39 is 5.97 Å².